The molecular formula is C16H25N3S. The average Bonchev–Trinajstić information content (AvgIpc) is 2.89. The molecule has 2 aliphatic heterocycles. The van der Waals surface area contributed by atoms with E-state index in [2.05, 4.69) is 17.3 Å². The number of piperidine rings is 2. The smallest absolute Gasteiger partial charge is 0.186 e. The van der Waals surface area contributed by atoms with Crippen LogP contribution in [0.1, 0.15) is 55.5 Å². The monoisotopic (exact) mass is 291 g/mol. The quantitative estimate of drug-likeness (QED) is 0.907. The fourth-order valence-corrected chi connectivity index (χ4v) is 5.67. The molecule has 2 fully saturated rings. The Labute approximate surface area is 125 Å². The molecule has 2 bridgehead atoms. The molecule has 2 atom stereocenters. The van der Waals surface area contributed by atoms with Gasteiger partial charge in [-0.1, -0.05) is 0 Å². The molecule has 3 nitrogen and oxygen atoms in total. The van der Waals surface area contributed by atoms with Crippen LogP contribution in [0.15, 0.2) is 0 Å². The first-order valence-electron chi connectivity index (χ1n) is 8.29. The highest BCUT2D eigenvalue weighted by molar-refractivity contribution is 7.15. The minimum atomic E-state index is 0.719. The molecule has 4 heteroatoms. The second-order valence-electron chi connectivity index (χ2n) is 6.68. The zero-order valence-electron chi connectivity index (χ0n) is 12.4. The summed E-state index contributed by atoms with van der Waals surface area (Å²) < 4.78 is 0. The van der Waals surface area contributed by atoms with E-state index in [-0.39, 0.29) is 0 Å². The zero-order valence-corrected chi connectivity index (χ0v) is 13.2. The van der Waals surface area contributed by atoms with Gasteiger partial charge in [0.15, 0.2) is 5.13 Å². The summed E-state index contributed by atoms with van der Waals surface area (Å²) in [6.45, 7) is 0. The maximum atomic E-state index is 5.03. The summed E-state index contributed by atoms with van der Waals surface area (Å²) in [5, 5.41) is 4.86. The van der Waals surface area contributed by atoms with Crippen LogP contribution in [-0.4, -0.2) is 30.2 Å². The maximum absolute atomic E-state index is 5.03. The molecule has 1 aliphatic carbocycles. The number of thiazole rings is 1. The summed E-state index contributed by atoms with van der Waals surface area (Å²) in [7, 11) is 2.12. The summed E-state index contributed by atoms with van der Waals surface area (Å²) in [5.74, 6) is 0. The number of aromatic nitrogens is 1. The molecule has 2 saturated heterocycles. The summed E-state index contributed by atoms with van der Waals surface area (Å²) in [5.41, 5.74) is 1.42. The Morgan fingerprint density at radius 2 is 1.85 bits per heavy atom. The van der Waals surface area contributed by atoms with Gasteiger partial charge >= 0.3 is 0 Å². The Hall–Kier alpha value is -0.610. The fourth-order valence-electron chi connectivity index (χ4n) is 4.38. The van der Waals surface area contributed by atoms with Crippen LogP contribution in [0.4, 0.5) is 5.13 Å². The van der Waals surface area contributed by atoms with E-state index in [9.17, 15) is 0 Å². The van der Waals surface area contributed by atoms with Crippen molar-refractivity contribution >= 4 is 16.5 Å². The van der Waals surface area contributed by atoms with Crippen molar-refractivity contribution in [2.75, 3.05) is 11.9 Å². The Morgan fingerprint density at radius 3 is 2.55 bits per heavy atom. The van der Waals surface area contributed by atoms with Crippen LogP contribution in [0.2, 0.25) is 0 Å². The van der Waals surface area contributed by atoms with Crippen molar-refractivity contribution < 1.29 is 0 Å². The second kappa shape index (κ2) is 5.30. The molecule has 20 heavy (non-hydrogen) atoms. The number of rotatable bonds is 2. The Balaban J connectivity index is 1.62. The molecule has 110 valence electrons. The molecule has 0 spiro atoms. The molecule has 1 aromatic heterocycles. The van der Waals surface area contributed by atoms with Crippen LogP contribution < -0.4 is 10.2 Å². The number of fused-ring (bicyclic) bond motifs is 3. The number of nitrogens with one attached hydrogen (secondary N) is 1. The molecule has 1 aromatic rings. The van der Waals surface area contributed by atoms with Crippen molar-refractivity contribution in [3.63, 3.8) is 0 Å². The van der Waals surface area contributed by atoms with E-state index in [4.69, 9.17) is 4.98 Å². The van der Waals surface area contributed by atoms with Gasteiger partial charge in [-0.15, -0.1) is 11.3 Å². The molecule has 2 unspecified atom stereocenters. The van der Waals surface area contributed by atoms with E-state index >= 15 is 0 Å². The second-order valence-corrected chi connectivity index (χ2v) is 7.74. The highest BCUT2D eigenvalue weighted by atomic mass is 32.1. The number of aryl methyl sites for hydroxylation is 2. The highest BCUT2D eigenvalue weighted by Crippen LogP contribution is 2.41. The standard InChI is InChI=1S/C16H25N3S/c1-17-11-9-12-5-4-6-13(10-11)19(12)16-18-14-7-2-3-8-15(14)20-16/h11-13,17H,2-10H2,1H3. The van der Waals surface area contributed by atoms with E-state index in [1.807, 2.05) is 11.3 Å². The molecule has 0 amide bonds. The summed E-state index contributed by atoms with van der Waals surface area (Å²) in [4.78, 5) is 9.32. The van der Waals surface area contributed by atoms with Gasteiger partial charge in [-0.25, -0.2) is 4.98 Å². The lowest BCUT2D eigenvalue weighted by Gasteiger charge is -2.49. The third-order valence-corrected chi connectivity index (χ3v) is 6.61. The predicted molar refractivity (Wildman–Crippen MR) is 84.7 cm³/mol. The van der Waals surface area contributed by atoms with Crippen molar-refractivity contribution in [3.8, 4) is 0 Å². The average molecular weight is 291 g/mol. The van der Waals surface area contributed by atoms with Crippen LogP contribution in [-0.2, 0) is 12.8 Å². The summed E-state index contributed by atoms with van der Waals surface area (Å²) >= 11 is 2.00. The summed E-state index contributed by atoms with van der Waals surface area (Å²) in [6.07, 6.45) is 11.9. The lowest BCUT2D eigenvalue weighted by Crippen LogP contribution is -2.56. The van der Waals surface area contributed by atoms with Crippen LogP contribution in [0.5, 0.6) is 0 Å². The first kappa shape index (κ1) is 13.1. The van der Waals surface area contributed by atoms with E-state index in [0.29, 0.717) is 0 Å². The molecule has 0 radical (unpaired) electrons. The summed E-state index contributed by atoms with van der Waals surface area (Å²) in [6, 6.07) is 2.18. The molecule has 4 rings (SSSR count). The van der Waals surface area contributed by atoms with Gasteiger partial charge in [-0.05, 0) is 64.8 Å². The molecule has 3 heterocycles. The normalized spacial score (nSPS) is 33.0. The number of anilines is 1. The molecule has 0 aromatic carbocycles. The first-order valence-corrected chi connectivity index (χ1v) is 9.11. The molecule has 3 aliphatic rings. The highest BCUT2D eigenvalue weighted by Gasteiger charge is 2.39. The SMILES string of the molecule is CNC1CC2CCCC(C1)N2c1nc2c(s1)CCCC2. The maximum Gasteiger partial charge on any atom is 0.186 e. The number of hydrogen-bond donors (Lipinski definition) is 1. The third kappa shape index (κ3) is 2.17. The van der Waals surface area contributed by atoms with Gasteiger partial charge in [0.1, 0.15) is 0 Å². The van der Waals surface area contributed by atoms with Crippen LogP contribution in [0, 0.1) is 0 Å². The van der Waals surface area contributed by atoms with Gasteiger partial charge in [-0.2, -0.15) is 0 Å². The van der Waals surface area contributed by atoms with Crippen molar-refractivity contribution in [1.29, 1.82) is 0 Å². The van der Waals surface area contributed by atoms with E-state index in [1.54, 1.807) is 4.88 Å². The van der Waals surface area contributed by atoms with Gasteiger partial charge in [0, 0.05) is 23.0 Å². The van der Waals surface area contributed by atoms with E-state index < -0.39 is 0 Å². The number of hydrogen-bond acceptors (Lipinski definition) is 4. The van der Waals surface area contributed by atoms with Crippen molar-refractivity contribution in [2.24, 2.45) is 0 Å². The zero-order chi connectivity index (χ0) is 13.5. The predicted octanol–water partition coefficient (Wildman–Crippen LogP) is 3.13. The lowest BCUT2D eigenvalue weighted by atomic mass is 9.82. The van der Waals surface area contributed by atoms with Gasteiger partial charge in [-0.3, -0.25) is 0 Å². The Kier molecular flexibility index (Phi) is 3.47. The van der Waals surface area contributed by atoms with Crippen LogP contribution >= 0.6 is 11.3 Å². The fraction of sp³-hybridized carbons (Fsp3) is 0.812. The topological polar surface area (TPSA) is 28.2 Å². The van der Waals surface area contributed by atoms with Crippen molar-refractivity contribution in [1.82, 2.24) is 10.3 Å². The van der Waals surface area contributed by atoms with Gasteiger partial charge < -0.3 is 10.2 Å². The van der Waals surface area contributed by atoms with Gasteiger partial charge in [0.25, 0.3) is 0 Å². The van der Waals surface area contributed by atoms with E-state index in [0.717, 1.165) is 18.1 Å². The van der Waals surface area contributed by atoms with Crippen molar-refractivity contribution in [3.05, 3.63) is 10.6 Å². The lowest BCUT2D eigenvalue weighted by molar-refractivity contribution is 0.252. The molecule has 0 saturated carbocycles. The van der Waals surface area contributed by atoms with E-state index in [1.165, 1.54) is 68.6 Å². The van der Waals surface area contributed by atoms with Crippen LogP contribution in [0.25, 0.3) is 0 Å². The minimum absolute atomic E-state index is 0.719. The number of nitrogens with zero attached hydrogens (tertiary/aromatic N) is 2. The minimum Gasteiger partial charge on any atom is -0.342 e. The third-order valence-electron chi connectivity index (χ3n) is 5.44. The Morgan fingerprint density at radius 1 is 1.10 bits per heavy atom. The first-order chi connectivity index (χ1) is 9.85. The largest absolute Gasteiger partial charge is 0.342 e. The Bertz CT molecular complexity index is 447. The van der Waals surface area contributed by atoms with Crippen LogP contribution in [0.3, 0.4) is 0 Å². The van der Waals surface area contributed by atoms with Crippen molar-refractivity contribution in [2.45, 2.75) is 75.9 Å². The van der Waals surface area contributed by atoms with Gasteiger partial charge in [0.2, 0.25) is 0 Å². The molecular weight excluding hydrogens is 266 g/mol. The molecule has 1 N–H and O–H groups in total. The van der Waals surface area contributed by atoms with Gasteiger partial charge in [0.05, 0.1) is 5.69 Å².